The molecule has 2 aliphatic heterocycles. The van der Waals surface area contributed by atoms with Crippen molar-refractivity contribution in [2.75, 3.05) is 24.7 Å². The summed E-state index contributed by atoms with van der Waals surface area (Å²) in [5.41, 5.74) is 0.530. The number of hydrogen-bond donors (Lipinski definition) is 2. The number of carbonyl (C=O) groups is 3. The molecule has 0 radical (unpaired) electrons. The third kappa shape index (κ3) is 2.97. The van der Waals surface area contributed by atoms with E-state index in [1.54, 1.807) is 34.7 Å². The third-order valence-electron chi connectivity index (χ3n) is 5.55. The number of nitrogens with one attached hydrogen (secondary N) is 1. The van der Waals surface area contributed by atoms with E-state index in [4.69, 9.17) is 0 Å². The molecule has 2 fully saturated rings. The second kappa shape index (κ2) is 6.60. The topological polar surface area (TPSA) is 93.7 Å². The van der Waals surface area contributed by atoms with Crippen molar-refractivity contribution in [1.29, 1.82) is 0 Å². The second-order valence-electron chi connectivity index (χ2n) is 7.41. The second-order valence-corrected chi connectivity index (χ2v) is 8.41. The largest absolute Gasteiger partial charge is 0.481 e. The first-order chi connectivity index (χ1) is 12.9. The Kier molecular flexibility index (Phi) is 4.38. The molecule has 4 rings (SSSR count). The van der Waals surface area contributed by atoms with Crippen LogP contribution in [0.4, 0.5) is 0 Å². The van der Waals surface area contributed by atoms with Crippen LogP contribution in [0.1, 0.15) is 23.7 Å². The minimum atomic E-state index is -0.910. The average molecular weight is 387 g/mol. The van der Waals surface area contributed by atoms with Gasteiger partial charge in [0.1, 0.15) is 6.04 Å². The zero-order valence-corrected chi connectivity index (χ0v) is 15.8. The highest BCUT2D eigenvalue weighted by atomic mass is 32.2. The Hall–Kier alpha value is -2.48. The number of aromatic amines is 1. The van der Waals surface area contributed by atoms with E-state index < -0.39 is 17.4 Å². The molecule has 2 aliphatic rings. The highest BCUT2D eigenvalue weighted by Crippen LogP contribution is 2.33. The number of likely N-dealkylation sites (tertiary alicyclic amines) is 1. The summed E-state index contributed by atoms with van der Waals surface area (Å²) in [5, 5.41) is 10.2. The number of amides is 2. The van der Waals surface area contributed by atoms with Crippen LogP contribution in [0.3, 0.4) is 0 Å². The Morgan fingerprint density at radius 2 is 2.07 bits per heavy atom. The highest BCUT2D eigenvalue weighted by molar-refractivity contribution is 7.99. The number of rotatable bonds is 3. The molecule has 0 spiro atoms. The van der Waals surface area contributed by atoms with Gasteiger partial charge in [-0.15, -0.1) is 11.8 Å². The Labute approximate surface area is 160 Å². The van der Waals surface area contributed by atoms with Crippen molar-refractivity contribution in [1.82, 2.24) is 14.8 Å². The number of thioether (sulfide) groups is 1. The molecule has 27 heavy (non-hydrogen) atoms. The smallest absolute Gasteiger partial charge is 0.311 e. The normalized spacial score (nSPS) is 25.3. The van der Waals surface area contributed by atoms with Crippen molar-refractivity contribution in [2.24, 2.45) is 5.41 Å². The molecule has 2 atom stereocenters. The van der Waals surface area contributed by atoms with E-state index in [2.05, 4.69) is 4.98 Å². The molecule has 2 amide bonds. The molecule has 2 N–H and O–H groups in total. The monoisotopic (exact) mass is 387 g/mol. The molecule has 2 saturated heterocycles. The lowest BCUT2D eigenvalue weighted by Gasteiger charge is -2.28. The molecule has 0 bridgehead atoms. The number of para-hydroxylation sites is 1. The molecule has 1 aromatic carbocycles. The summed E-state index contributed by atoms with van der Waals surface area (Å²) >= 11 is 1.55. The quantitative estimate of drug-likeness (QED) is 0.840. The molecule has 1 aromatic heterocycles. The van der Waals surface area contributed by atoms with Gasteiger partial charge in [-0.3, -0.25) is 14.4 Å². The number of hydrogen-bond acceptors (Lipinski definition) is 4. The van der Waals surface area contributed by atoms with Gasteiger partial charge in [-0.25, -0.2) is 0 Å². The lowest BCUT2D eigenvalue weighted by atomic mass is 9.90. The number of fused-ring (bicyclic) bond motifs is 1. The number of carbonyl (C=O) groups excluding carboxylic acids is 2. The predicted octanol–water partition coefficient (Wildman–Crippen LogP) is 2.01. The van der Waals surface area contributed by atoms with Gasteiger partial charge in [-0.1, -0.05) is 18.2 Å². The molecular weight excluding hydrogens is 366 g/mol. The molecule has 8 heteroatoms. The van der Waals surface area contributed by atoms with Crippen molar-refractivity contribution in [3.05, 3.63) is 36.0 Å². The van der Waals surface area contributed by atoms with Gasteiger partial charge in [0, 0.05) is 35.9 Å². The fourth-order valence-corrected chi connectivity index (χ4v) is 4.93. The van der Waals surface area contributed by atoms with Gasteiger partial charge in [0.25, 0.3) is 5.91 Å². The minimum absolute atomic E-state index is 0.154. The van der Waals surface area contributed by atoms with Gasteiger partial charge in [0.05, 0.1) is 16.9 Å². The summed E-state index contributed by atoms with van der Waals surface area (Å²) < 4.78 is 0. The van der Waals surface area contributed by atoms with E-state index in [0.717, 1.165) is 10.9 Å². The molecule has 0 saturated carbocycles. The van der Waals surface area contributed by atoms with Crippen molar-refractivity contribution < 1.29 is 19.5 Å². The highest BCUT2D eigenvalue weighted by Gasteiger charge is 2.45. The zero-order valence-electron chi connectivity index (χ0n) is 15.0. The first kappa shape index (κ1) is 17.9. The average Bonchev–Trinajstić information content (AvgIpc) is 3.39. The fraction of sp³-hybridized carbons (Fsp3) is 0.421. The Bertz CT molecular complexity index is 927. The number of aromatic nitrogens is 1. The van der Waals surface area contributed by atoms with Crippen LogP contribution in [-0.2, 0) is 9.59 Å². The van der Waals surface area contributed by atoms with Crippen LogP contribution >= 0.6 is 11.8 Å². The molecule has 2 aromatic rings. The molecule has 7 nitrogen and oxygen atoms in total. The van der Waals surface area contributed by atoms with Crippen LogP contribution in [0.5, 0.6) is 0 Å². The van der Waals surface area contributed by atoms with Gasteiger partial charge in [-0.2, -0.15) is 0 Å². The van der Waals surface area contributed by atoms with Crippen LogP contribution in [0, 0.1) is 5.41 Å². The number of benzene rings is 1. The van der Waals surface area contributed by atoms with Crippen molar-refractivity contribution >= 4 is 40.4 Å². The summed E-state index contributed by atoms with van der Waals surface area (Å²) in [6.45, 7) is 2.27. The molecule has 3 heterocycles. The van der Waals surface area contributed by atoms with Gasteiger partial charge in [0.2, 0.25) is 5.91 Å². The van der Waals surface area contributed by atoms with Gasteiger partial charge in [0.15, 0.2) is 0 Å². The van der Waals surface area contributed by atoms with E-state index in [1.807, 2.05) is 24.3 Å². The van der Waals surface area contributed by atoms with Crippen molar-refractivity contribution in [2.45, 2.75) is 19.4 Å². The number of carboxylic acids is 1. The lowest BCUT2D eigenvalue weighted by molar-refractivity contribution is -0.147. The van der Waals surface area contributed by atoms with Crippen LogP contribution in [0.2, 0.25) is 0 Å². The summed E-state index contributed by atoms with van der Waals surface area (Å²) in [6.07, 6.45) is 2.12. The van der Waals surface area contributed by atoms with Crippen LogP contribution in [-0.4, -0.2) is 68.4 Å². The minimum Gasteiger partial charge on any atom is -0.481 e. The molecule has 142 valence electrons. The molecular formula is C19H21N3O4S. The van der Waals surface area contributed by atoms with E-state index in [-0.39, 0.29) is 18.4 Å². The first-order valence-electron chi connectivity index (χ1n) is 8.88. The standard InChI is InChI=1S/C19H21N3O4S/c1-19(18(25)26)6-7-21(10-19)17(24)15-9-27-11-22(15)16(23)13-8-20-14-5-3-2-4-12(13)14/h2-5,8,15,20H,6-7,9-11H2,1H3,(H,25,26). The van der Waals surface area contributed by atoms with Crippen LogP contribution in [0.25, 0.3) is 10.9 Å². The van der Waals surface area contributed by atoms with Crippen LogP contribution < -0.4 is 0 Å². The molecule has 0 aliphatic carbocycles. The number of nitrogens with zero attached hydrogens (tertiary/aromatic N) is 2. The maximum Gasteiger partial charge on any atom is 0.311 e. The first-order valence-corrected chi connectivity index (χ1v) is 10.0. The number of H-pyrrole nitrogens is 1. The Morgan fingerprint density at radius 3 is 2.81 bits per heavy atom. The summed E-state index contributed by atoms with van der Waals surface area (Å²) in [4.78, 5) is 43.9. The number of carboxylic acid groups (broad SMARTS) is 1. The molecule has 2 unspecified atom stereocenters. The Morgan fingerprint density at radius 1 is 1.30 bits per heavy atom. The summed E-state index contributed by atoms with van der Waals surface area (Å²) in [5.74, 6) is -0.217. The van der Waals surface area contributed by atoms with Gasteiger partial charge >= 0.3 is 5.97 Å². The predicted molar refractivity (Wildman–Crippen MR) is 103 cm³/mol. The maximum absolute atomic E-state index is 13.1. The van der Waals surface area contributed by atoms with Crippen molar-refractivity contribution in [3.8, 4) is 0 Å². The van der Waals surface area contributed by atoms with E-state index >= 15 is 0 Å². The van der Waals surface area contributed by atoms with E-state index in [9.17, 15) is 19.5 Å². The Balaban J connectivity index is 1.55. The van der Waals surface area contributed by atoms with E-state index in [0.29, 0.717) is 30.2 Å². The van der Waals surface area contributed by atoms with Gasteiger partial charge in [-0.05, 0) is 19.4 Å². The maximum atomic E-state index is 13.1. The number of aliphatic carboxylic acids is 1. The lowest BCUT2D eigenvalue weighted by Crippen LogP contribution is -2.49. The van der Waals surface area contributed by atoms with Crippen LogP contribution in [0.15, 0.2) is 30.5 Å². The fourth-order valence-electron chi connectivity index (χ4n) is 3.79. The van der Waals surface area contributed by atoms with Gasteiger partial charge < -0.3 is 19.9 Å². The third-order valence-corrected chi connectivity index (χ3v) is 6.56. The zero-order chi connectivity index (χ0) is 19.2. The SMILES string of the molecule is CC1(C(=O)O)CCN(C(=O)C2CSCN2C(=O)c2c[nH]c3ccccc23)C1. The van der Waals surface area contributed by atoms with Crippen molar-refractivity contribution in [3.63, 3.8) is 0 Å². The summed E-state index contributed by atoms with van der Waals surface area (Å²) in [6, 6.07) is 7.03. The van der Waals surface area contributed by atoms with E-state index in [1.165, 1.54) is 0 Å². The summed E-state index contributed by atoms with van der Waals surface area (Å²) in [7, 11) is 0.